The van der Waals surface area contributed by atoms with E-state index >= 15 is 0 Å². The van der Waals surface area contributed by atoms with Crippen LogP contribution in [0.1, 0.15) is 38.7 Å². The van der Waals surface area contributed by atoms with Crippen LogP contribution in [0, 0.1) is 0 Å². The summed E-state index contributed by atoms with van der Waals surface area (Å²) in [6, 6.07) is 23.5. The zero-order chi connectivity index (χ0) is 19.3. The lowest BCUT2D eigenvalue weighted by molar-refractivity contribution is 0.0925. The third-order valence-electron chi connectivity index (χ3n) is 4.72. The Morgan fingerprint density at radius 2 is 1.54 bits per heavy atom. The van der Waals surface area contributed by atoms with Gasteiger partial charge < -0.3 is 15.4 Å². The largest absolute Gasteiger partial charge is 0.493 e. The van der Waals surface area contributed by atoms with E-state index < -0.39 is 0 Å². The first-order valence-corrected chi connectivity index (χ1v) is 9.20. The summed E-state index contributed by atoms with van der Waals surface area (Å²) in [6.45, 7) is 0.550. The second-order valence-electron chi connectivity index (χ2n) is 6.57. The number of carbonyl (C=O) groups excluding carboxylic acids is 2. The number of rotatable bonds is 4. The van der Waals surface area contributed by atoms with Crippen LogP contribution in [0.3, 0.4) is 0 Å². The monoisotopic (exact) mass is 372 g/mol. The SMILES string of the molecule is O=C(Nc1ccccc1C(=O)NC1CCOc2ccccc21)c1ccccc1. The number of amides is 2. The van der Waals surface area contributed by atoms with Gasteiger partial charge in [0, 0.05) is 17.5 Å². The molecular formula is C23H20N2O3. The molecule has 28 heavy (non-hydrogen) atoms. The van der Waals surface area contributed by atoms with Crippen molar-refractivity contribution in [3.8, 4) is 5.75 Å². The van der Waals surface area contributed by atoms with Gasteiger partial charge in [-0.1, -0.05) is 48.5 Å². The van der Waals surface area contributed by atoms with Crippen molar-refractivity contribution in [1.29, 1.82) is 0 Å². The van der Waals surface area contributed by atoms with Crippen molar-refractivity contribution >= 4 is 17.5 Å². The average Bonchev–Trinajstić information content (AvgIpc) is 2.75. The van der Waals surface area contributed by atoms with Crippen LogP contribution < -0.4 is 15.4 Å². The molecule has 5 nitrogen and oxygen atoms in total. The predicted molar refractivity (Wildman–Crippen MR) is 108 cm³/mol. The summed E-state index contributed by atoms with van der Waals surface area (Å²) in [6.07, 6.45) is 0.696. The molecule has 1 aliphatic heterocycles. The molecule has 0 saturated heterocycles. The summed E-state index contributed by atoms with van der Waals surface area (Å²) in [4.78, 5) is 25.4. The Morgan fingerprint density at radius 3 is 2.39 bits per heavy atom. The molecule has 0 aromatic heterocycles. The molecule has 1 unspecified atom stereocenters. The average molecular weight is 372 g/mol. The lowest BCUT2D eigenvalue weighted by Gasteiger charge is -2.27. The summed E-state index contributed by atoms with van der Waals surface area (Å²) in [5.41, 5.74) is 2.41. The highest BCUT2D eigenvalue weighted by Crippen LogP contribution is 2.32. The molecule has 2 amide bonds. The maximum absolute atomic E-state index is 13.0. The maximum atomic E-state index is 13.0. The number of para-hydroxylation sites is 2. The van der Waals surface area contributed by atoms with Gasteiger partial charge in [-0.15, -0.1) is 0 Å². The van der Waals surface area contributed by atoms with Crippen LogP contribution >= 0.6 is 0 Å². The number of hydrogen-bond acceptors (Lipinski definition) is 3. The molecule has 3 aromatic rings. The second kappa shape index (κ2) is 7.96. The van der Waals surface area contributed by atoms with Crippen LogP contribution in [0.4, 0.5) is 5.69 Å². The first kappa shape index (κ1) is 17.8. The topological polar surface area (TPSA) is 67.4 Å². The number of fused-ring (bicyclic) bond motifs is 1. The van der Waals surface area contributed by atoms with E-state index in [0.717, 1.165) is 11.3 Å². The molecule has 4 rings (SSSR count). The number of anilines is 1. The van der Waals surface area contributed by atoms with Crippen molar-refractivity contribution in [2.75, 3.05) is 11.9 Å². The lowest BCUT2D eigenvalue weighted by Crippen LogP contribution is -2.32. The minimum Gasteiger partial charge on any atom is -0.493 e. The quantitative estimate of drug-likeness (QED) is 0.721. The van der Waals surface area contributed by atoms with Crippen LogP contribution in [0.15, 0.2) is 78.9 Å². The molecule has 0 bridgehead atoms. The molecule has 0 aliphatic carbocycles. The van der Waals surface area contributed by atoms with E-state index in [1.165, 1.54) is 0 Å². The third-order valence-corrected chi connectivity index (χ3v) is 4.72. The highest BCUT2D eigenvalue weighted by atomic mass is 16.5. The Hall–Kier alpha value is -3.60. The van der Waals surface area contributed by atoms with Crippen LogP contribution in [0.2, 0.25) is 0 Å². The van der Waals surface area contributed by atoms with E-state index in [0.29, 0.717) is 29.8 Å². The molecule has 0 saturated carbocycles. The standard InChI is InChI=1S/C23H20N2O3/c26-22(16-8-2-1-3-9-16)24-19-12-6-4-11-18(19)23(27)25-20-14-15-28-21-13-7-5-10-17(20)21/h1-13,20H,14-15H2,(H,24,26)(H,25,27). The van der Waals surface area contributed by atoms with E-state index in [4.69, 9.17) is 4.74 Å². The molecule has 0 fully saturated rings. The van der Waals surface area contributed by atoms with E-state index in [9.17, 15) is 9.59 Å². The molecule has 1 heterocycles. The Bertz CT molecular complexity index is 1000. The van der Waals surface area contributed by atoms with Crippen LogP contribution in [0.5, 0.6) is 5.75 Å². The van der Waals surface area contributed by atoms with E-state index in [-0.39, 0.29) is 17.9 Å². The molecule has 1 atom stereocenters. The Morgan fingerprint density at radius 1 is 0.821 bits per heavy atom. The second-order valence-corrected chi connectivity index (χ2v) is 6.57. The van der Waals surface area contributed by atoms with Gasteiger partial charge in [0.2, 0.25) is 0 Å². The summed E-state index contributed by atoms with van der Waals surface area (Å²) in [5.74, 6) is 0.313. The minimum absolute atomic E-state index is 0.129. The molecule has 1 aliphatic rings. The van der Waals surface area contributed by atoms with Gasteiger partial charge in [0.15, 0.2) is 0 Å². The fourth-order valence-electron chi connectivity index (χ4n) is 3.30. The molecule has 3 aromatic carbocycles. The molecule has 0 radical (unpaired) electrons. The maximum Gasteiger partial charge on any atom is 0.255 e. The number of nitrogens with one attached hydrogen (secondary N) is 2. The first-order chi connectivity index (χ1) is 13.7. The van der Waals surface area contributed by atoms with Gasteiger partial charge in [0.25, 0.3) is 11.8 Å². The van der Waals surface area contributed by atoms with E-state index in [1.54, 1.807) is 48.5 Å². The number of ether oxygens (including phenoxy) is 1. The highest BCUT2D eigenvalue weighted by molar-refractivity contribution is 6.09. The molecule has 2 N–H and O–H groups in total. The van der Waals surface area contributed by atoms with Crippen molar-refractivity contribution in [2.45, 2.75) is 12.5 Å². The van der Waals surface area contributed by atoms with Crippen molar-refractivity contribution < 1.29 is 14.3 Å². The van der Waals surface area contributed by atoms with Crippen molar-refractivity contribution in [1.82, 2.24) is 5.32 Å². The number of carbonyl (C=O) groups is 2. The van der Waals surface area contributed by atoms with Crippen LogP contribution in [-0.4, -0.2) is 18.4 Å². The van der Waals surface area contributed by atoms with Gasteiger partial charge in [-0.25, -0.2) is 0 Å². The smallest absolute Gasteiger partial charge is 0.255 e. The van der Waals surface area contributed by atoms with Gasteiger partial charge in [-0.05, 0) is 30.3 Å². The summed E-state index contributed by atoms with van der Waals surface area (Å²) >= 11 is 0. The molecule has 5 heteroatoms. The highest BCUT2D eigenvalue weighted by Gasteiger charge is 2.24. The third kappa shape index (κ3) is 3.74. The van der Waals surface area contributed by atoms with Gasteiger partial charge in [0.05, 0.1) is 23.9 Å². The van der Waals surface area contributed by atoms with Crippen molar-refractivity contribution in [3.05, 3.63) is 95.6 Å². The Kier molecular flexibility index (Phi) is 5.06. The van der Waals surface area contributed by atoms with Gasteiger partial charge >= 0.3 is 0 Å². The zero-order valence-electron chi connectivity index (χ0n) is 15.2. The lowest BCUT2D eigenvalue weighted by atomic mass is 10.00. The fraction of sp³-hybridized carbons (Fsp3) is 0.130. The van der Waals surface area contributed by atoms with E-state index in [1.807, 2.05) is 30.3 Å². The van der Waals surface area contributed by atoms with Crippen LogP contribution in [0.25, 0.3) is 0 Å². The molecule has 140 valence electrons. The number of benzene rings is 3. The Labute approximate surface area is 163 Å². The summed E-state index contributed by atoms with van der Waals surface area (Å²) in [5, 5.41) is 5.91. The number of hydrogen-bond donors (Lipinski definition) is 2. The van der Waals surface area contributed by atoms with Gasteiger partial charge in [0.1, 0.15) is 5.75 Å². The van der Waals surface area contributed by atoms with Crippen LogP contribution in [-0.2, 0) is 0 Å². The minimum atomic E-state index is -0.253. The van der Waals surface area contributed by atoms with Gasteiger partial charge in [-0.3, -0.25) is 9.59 Å². The normalized spacial score (nSPS) is 15.1. The first-order valence-electron chi connectivity index (χ1n) is 9.20. The summed E-state index contributed by atoms with van der Waals surface area (Å²) in [7, 11) is 0. The van der Waals surface area contributed by atoms with E-state index in [2.05, 4.69) is 10.6 Å². The summed E-state index contributed by atoms with van der Waals surface area (Å²) < 4.78 is 5.66. The molecule has 0 spiro atoms. The molecular weight excluding hydrogens is 352 g/mol. The van der Waals surface area contributed by atoms with Gasteiger partial charge in [-0.2, -0.15) is 0 Å². The fourth-order valence-corrected chi connectivity index (χ4v) is 3.30. The van der Waals surface area contributed by atoms with Crippen molar-refractivity contribution in [3.63, 3.8) is 0 Å². The Balaban J connectivity index is 1.54. The van der Waals surface area contributed by atoms with Crippen molar-refractivity contribution in [2.24, 2.45) is 0 Å². The predicted octanol–water partition coefficient (Wildman–Crippen LogP) is 4.19. The zero-order valence-corrected chi connectivity index (χ0v) is 15.2.